The molecular weight excluding hydrogens is 152 g/mol. The summed E-state index contributed by atoms with van der Waals surface area (Å²) in [5.74, 6) is 0.161. The smallest absolute Gasteiger partial charge is 0.162 e. The molecule has 70 valence electrons. The SMILES string of the molecule is [CH]C(CC)C1COC(C)(C)OC1. The lowest BCUT2D eigenvalue weighted by atomic mass is 9.92. The molecule has 2 radical (unpaired) electrons. The molecule has 0 bridgehead atoms. The molecule has 1 fully saturated rings. The van der Waals surface area contributed by atoms with Gasteiger partial charge < -0.3 is 9.47 Å². The number of ether oxygens (including phenoxy) is 2. The summed E-state index contributed by atoms with van der Waals surface area (Å²) in [4.78, 5) is 0. The van der Waals surface area contributed by atoms with Gasteiger partial charge in [0.15, 0.2) is 5.79 Å². The molecule has 2 heteroatoms. The Morgan fingerprint density at radius 2 is 1.92 bits per heavy atom. The molecule has 0 N–H and O–H groups in total. The minimum atomic E-state index is -0.413. The van der Waals surface area contributed by atoms with Crippen molar-refractivity contribution in [2.75, 3.05) is 13.2 Å². The molecule has 0 spiro atoms. The molecule has 0 saturated carbocycles. The van der Waals surface area contributed by atoms with Crippen LogP contribution in [0, 0.1) is 18.8 Å². The highest BCUT2D eigenvalue weighted by Crippen LogP contribution is 2.25. The van der Waals surface area contributed by atoms with Gasteiger partial charge in [0.2, 0.25) is 0 Å². The van der Waals surface area contributed by atoms with E-state index in [1.54, 1.807) is 0 Å². The van der Waals surface area contributed by atoms with Crippen LogP contribution < -0.4 is 0 Å². The van der Waals surface area contributed by atoms with E-state index in [9.17, 15) is 0 Å². The zero-order valence-electron chi connectivity index (χ0n) is 8.17. The quantitative estimate of drug-likeness (QED) is 0.632. The van der Waals surface area contributed by atoms with Crippen molar-refractivity contribution in [2.45, 2.75) is 33.0 Å². The summed E-state index contributed by atoms with van der Waals surface area (Å²) in [5.41, 5.74) is 0. The van der Waals surface area contributed by atoms with Crippen LogP contribution in [0.3, 0.4) is 0 Å². The Labute approximate surface area is 75.2 Å². The van der Waals surface area contributed by atoms with Crippen LogP contribution in [0.25, 0.3) is 0 Å². The van der Waals surface area contributed by atoms with Crippen LogP contribution in [-0.2, 0) is 9.47 Å². The predicted octanol–water partition coefficient (Wildman–Crippen LogP) is 2.12. The first-order chi connectivity index (χ1) is 5.55. The average Bonchev–Trinajstić information content (AvgIpc) is 2.03. The van der Waals surface area contributed by atoms with E-state index in [2.05, 4.69) is 6.92 Å². The predicted molar refractivity (Wildman–Crippen MR) is 47.6 cm³/mol. The van der Waals surface area contributed by atoms with Crippen LogP contribution in [0.1, 0.15) is 27.2 Å². The lowest BCUT2D eigenvalue weighted by Crippen LogP contribution is -2.41. The van der Waals surface area contributed by atoms with E-state index in [1.807, 2.05) is 13.8 Å². The van der Waals surface area contributed by atoms with Crippen LogP contribution in [-0.4, -0.2) is 19.0 Å². The molecular formula is C10H18O2. The van der Waals surface area contributed by atoms with Crippen LogP contribution in [0.2, 0.25) is 0 Å². The lowest BCUT2D eigenvalue weighted by molar-refractivity contribution is -0.266. The second-order valence-electron chi connectivity index (χ2n) is 3.85. The van der Waals surface area contributed by atoms with Crippen LogP contribution >= 0.6 is 0 Å². The highest BCUT2D eigenvalue weighted by Gasteiger charge is 2.30. The second-order valence-corrected chi connectivity index (χ2v) is 3.85. The molecule has 1 aliphatic rings. The van der Waals surface area contributed by atoms with E-state index in [4.69, 9.17) is 16.4 Å². The Morgan fingerprint density at radius 3 is 2.33 bits per heavy atom. The van der Waals surface area contributed by atoms with Gasteiger partial charge >= 0.3 is 0 Å². The summed E-state index contributed by atoms with van der Waals surface area (Å²) in [7, 11) is 0. The van der Waals surface area contributed by atoms with Crippen LogP contribution in [0.15, 0.2) is 0 Å². The summed E-state index contributed by atoms with van der Waals surface area (Å²) in [6, 6.07) is 0. The Bertz CT molecular complexity index is 133. The van der Waals surface area contributed by atoms with Crippen LogP contribution in [0.4, 0.5) is 0 Å². The lowest BCUT2D eigenvalue weighted by Gasteiger charge is -2.37. The summed E-state index contributed by atoms with van der Waals surface area (Å²) in [5, 5.41) is 0. The highest BCUT2D eigenvalue weighted by atomic mass is 16.7. The van der Waals surface area contributed by atoms with Gasteiger partial charge in [-0.15, -0.1) is 0 Å². The summed E-state index contributed by atoms with van der Waals surface area (Å²) < 4.78 is 11.0. The fourth-order valence-corrected chi connectivity index (χ4v) is 1.29. The Kier molecular flexibility index (Phi) is 3.13. The van der Waals surface area contributed by atoms with E-state index in [0.29, 0.717) is 5.92 Å². The standard InChI is InChI=1S/C10H18O2/c1-5-8(2)9-6-11-10(3,4)12-7-9/h2,8-9H,5-7H2,1,3-4H3. The Morgan fingerprint density at radius 1 is 1.42 bits per heavy atom. The molecule has 12 heavy (non-hydrogen) atoms. The first-order valence-corrected chi connectivity index (χ1v) is 4.58. The van der Waals surface area contributed by atoms with Crippen molar-refractivity contribution >= 4 is 0 Å². The van der Waals surface area contributed by atoms with Crippen molar-refractivity contribution < 1.29 is 9.47 Å². The van der Waals surface area contributed by atoms with Crippen LogP contribution in [0.5, 0.6) is 0 Å². The second kappa shape index (κ2) is 3.75. The van der Waals surface area contributed by atoms with Gasteiger partial charge in [0.25, 0.3) is 0 Å². The fourth-order valence-electron chi connectivity index (χ4n) is 1.29. The fraction of sp³-hybridized carbons (Fsp3) is 0.900. The van der Waals surface area contributed by atoms with E-state index in [0.717, 1.165) is 19.6 Å². The van der Waals surface area contributed by atoms with Crippen molar-refractivity contribution in [1.29, 1.82) is 0 Å². The van der Waals surface area contributed by atoms with Crippen molar-refractivity contribution in [3.63, 3.8) is 0 Å². The maximum Gasteiger partial charge on any atom is 0.162 e. The minimum Gasteiger partial charge on any atom is -0.350 e. The van der Waals surface area contributed by atoms with Crippen molar-refractivity contribution in [2.24, 2.45) is 11.8 Å². The van der Waals surface area contributed by atoms with Gasteiger partial charge in [0.1, 0.15) is 0 Å². The zero-order chi connectivity index (χ0) is 9.19. The molecule has 1 aliphatic heterocycles. The molecule has 0 aromatic carbocycles. The summed E-state index contributed by atoms with van der Waals surface area (Å²) in [6.45, 7) is 13.3. The Hall–Kier alpha value is -0.0800. The summed E-state index contributed by atoms with van der Waals surface area (Å²) >= 11 is 0. The molecule has 0 aromatic rings. The largest absolute Gasteiger partial charge is 0.350 e. The summed E-state index contributed by atoms with van der Waals surface area (Å²) in [6.07, 6.45) is 0.984. The van der Waals surface area contributed by atoms with Gasteiger partial charge in [-0.05, 0) is 26.7 Å². The normalized spacial score (nSPS) is 27.0. The molecule has 1 rings (SSSR count). The molecule has 1 saturated heterocycles. The third-order valence-electron chi connectivity index (χ3n) is 2.37. The number of hydrogen-bond acceptors (Lipinski definition) is 2. The van der Waals surface area contributed by atoms with Crippen molar-refractivity contribution in [3.05, 3.63) is 6.92 Å². The molecule has 0 aliphatic carbocycles. The third kappa shape index (κ3) is 2.46. The molecule has 0 amide bonds. The van der Waals surface area contributed by atoms with Gasteiger partial charge in [0.05, 0.1) is 13.2 Å². The van der Waals surface area contributed by atoms with Crippen molar-refractivity contribution in [1.82, 2.24) is 0 Å². The van der Waals surface area contributed by atoms with E-state index >= 15 is 0 Å². The van der Waals surface area contributed by atoms with E-state index in [-0.39, 0.29) is 5.92 Å². The van der Waals surface area contributed by atoms with Gasteiger partial charge in [-0.2, -0.15) is 0 Å². The van der Waals surface area contributed by atoms with Gasteiger partial charge in [-0.3, -0.25) is 0 Å². The van der Waals surface area contributed by atoms with Gasteiger partial charge in [-0.1, -0.05) is 13.3 Å². The monoisotopic (exact) mass is 170 g/mol. The van der Waals surface area contributed by atoms with E-state index in [1.165, 1.54) is 0 Å². The molecule has 0 aromatic heterocycles. The maximum atomic E-state index is 5.88. The first-order valence-electron chi connectivity index (χ1n) is 4.58. The van der Waals surface area contributed by atoms with Gasteiger partial charge in [-0.25, -0.2) is 0 Å². The molecule has 1 heterocycles. The van der Waals surface area contributed by atoms with Crippen molar-refractivity contribution in [3.8, 4) is 0 Å². The Balaban J connectivity index is 2.36. The minimum absolute atomic E-state index is 0.209. The third-order valence-corrected chi connectivity index (χ3v) is 2.37. The highest BCUT2D eigenvalue weighted by molar-refractivity contribution is 4.75. The number of rotatable bonds is 2. The molecule has 1 unspecified atom stereocenters. The first kappa shape index (κ1) is 10.0. The molecule has 2 nitrogen and oxygen atoms in total. The zero-order valence-corrected chi connectivity index (χ0v) is 8.17. The van der Waals surface area contributed by atoms with E-state index < -0.39 is 5.79 Å². The van der Waals surface area contributed by atoms with Gasteiger partial charge in [0, 0.05) is 5.92 Å². The average molecular weight is 170 g/mol. The maximum absolute atomic E-state index is 5.88. The number of hydrogen-bond donors (Lipinski definition) is 0. The topological polar surface area (TPSA) is 18.5 Å². The molecule has 1 atom stereocenters.